The molecule has 1 heterocycles. The molecule has 2 unspecified atom stereocenters. The number of hydrogen-bond donors (Lipinski definition) is 3. The highest BCUT2D eigenvalue weighted by atomic mass is 16.4. The van der Waals surface area contributed by atoms with Crippen LogP contribution >= 0.6 is 0 Å². The predicted molar refractivity (Wildman–Crippen MR) is 74.4 cm³/mol. The number of amides is 2. The number of aliphatic carboxylic acids is 1. The molecule has 0 bridgehead atoms. The van der Waals surface area contributed by atoms with Crippen molar-refractivity contribution in [2.24, 2.45) is 5.92 Å². The number of carbonyl (C=O) groups is 2. The maximum absolute atomic E-state index is 11.7. The van der Waals surface area contributed by atoms with Gasteiger partial charge in [-0.15, -0.1) is 0 Å². The first-order valence-electron chi connectivity index (χ1n) is 6.79. The molecule has 0 aliphatic carbocycles. The summed E-state index contributed by atoms with van der Waals surface area (Å²) in [5.41, 5.74) is 0. The number of rotatable bonds is 8. The minimum absolute atomic E-state index is 0.0429. The second-order valence-electron chi connectivity index (χ2n) is 4.91. The SMILES string of the molecule is CCC(CNC(=O)NC(C)Cc1ccco1)CC(=O)O. The Kier molecular flexibility index (Phi) is 6.63. The zero-order chi connectivity index (χ0) is 15.0. The third-order valence-corrected chi connectivity index (χ3v) is 3.06. The molecule has 0 saturated heterocycles. The van der Waals surface area contributed by atoms with Gasteiger partial charge in [0, 0.05) is 25.4 Å². The van der Waals surface area contributed by atoms with Gasteiger partial charge < -0.3 is 20.2 Å². The zero-order valence-electron chi connectivity index (χ0n) is 11.9. The normalized spacial score (nSPS) is 13.5. The van der Waals surface area contributed by atoms with Crippen LogP contribution in [0, 0.1) is 5.92 Å². The van der Waals surface area contributed by atoms with E-state index >= 15 is 0 Å². The van der Waals surface area contributed by atoms with Crippen LogP contribution in [0.5, 0.6) is 0 Å². The Labute approximate surface area is 118 Å². The van der Waals surface area contributed by atoms with Crippen LogP contribution in [0.15, 0.2) is 22.8 Å². The monoisotopic (exact) mass is 282 g/mol. The fraction of sp³-hybridized carbons (Fsp3) is 0.571. The Balaban J connectivity index is 2.26. The summed E-state index contributed by atoms with van der Waals surface area (Å²) in [6.07, 6.45) is 3.00. The van der Waals surface area contributed by atoms with Gasteiger partial charge in [-0.05, 0) is 25.0 Å². The van der Waals surface area contributed by atoms with Crippen molar-refractivity contribution in [2.45, 2.75) is 39.2 Å². The van der Waals surface area contributed by atoms with E-state index in [2.05, 4.69) is 10.6 Å². The van der Waals surface area contributed by atoms with Gasteiger partial charge in [0.25, 0.3) is 0 Å². The lowest BCUT2D eigenvalue weighted by atomic mass is 10.0. The third-order valence-electron chi connectivity index (χ3n) is 3.06. The lowest BCUT2D eigenvalue weighted by molar-refractivity contribution is -0.138. The van der Waals surface area contributed by atoms with Gasteiger partial charge in [-0.1, -0.05) is 13.3 Å². The van der Waals surface area contributed by atoms with Gasteiger partial charge in [0.2, 0.25) is 0 Å². The summed E-state index contributed by atoms with van der Waals surface area (Å²) in [5.74, 6) is -0.0704. The summed E-state index contributed by atoms with van der Waals surface area (Å²) in [4.78, 5) is 22.3. The van der Waals surface area contributed by atoms with Crippen molar-refractivity contribution < 1.29 is 19.1 Å². The summed E-state index contributed by atoms with van der Waals surface area (Å²) in [7, 11) is 0. The van der Waals surface area contributed by atoms with Gasteiger partial charge in [0.1, 0.15) is 5.76 Å². The van der Waals surface area contributed by atoms with Crippen LogP contribution in [0.4, 0.5) is 4.79 Å². The van der Waals surface area contributed by atoms with E-state index in [1.807, 2.05) is 19.9 Å². The van der Waals surface area contributed by atoms with E-state index in [-0.39, 0.29) is 24.4 Å². The average Bonchev–Trinajstić information content (AvgIpc) is 2.86. The van der Waals surface area contributed by atoms with Gasteiger partial charge in [0.05, 0.1) is 6.26 Å². The van der Waals surface area contributed by atoms with Gasteiger partial charge >= 0.3 is 12.0 Å². The van der Waals surface area contributed by atoms with E-state index in [0.717, 1.165) is 5.76 Å². The van der Waals surface area contributed by atoms with Crippen molar-refractivity contribution in [1.29, 1.82) is 0 Å². The summed E-state index contributed by atoms with van der Waals surface area (Å²) in [5, 5.41) is 14.2. The van der Waals surface area contributed by atoms with E-state index in [9.17, 15) is 9.59 Å². The molecule has 1 aromatic rings. The predicted octanol–water partition coefficient (Wildman–Crippen LogP) is 2.01. The van der Waals surface area contributed by atoms with Crippen molar-refractivity contribution in [3.05, 3.63) is 24.2 Å². The second kappa shape index (κ2) is 8.24. The van der Waals surface area contributed by atoms with Gasteiger partial charge in [0.15, 0.2) is 0 Å². The summed E-state index contributed by atoms with van der Waals surface area (Å²) in [6, 6.07) is 3.32. The summed E-state index contributed by atoms with van der Waals surface area (Å²) < 4.78 is 5.21. The van der Waals surface area contributed by atoms with E-state index in [0.29, 0.717) is 19.4 Å². The Morgan fingerprint density at radius 3 is 2.75 bits per heavy atom. The highest BCUT2D eigenvalue weighted by Crippen LogP contribution is 2.06. The van der Waals surface area contributed by atoms with Crippen molar-refractivity contribution in [2.75, 3.05) is 6.54 Å². The zero-order valence-corrected chi connectivity index (χ0v) is 11.9. The molecule has 2 amide bonds. The number of carboxylic acids is 1. The lowest BCUT2D eigenvalue weighted by Gasteiger charge is -2.16. The van der Waals surface area contributed by atoms with E-state index in [1.54, 1.807) is 12.3 Å². The smallest absolute Gasteiger partial charge is 0.315 e. The Bertz CT molecular complexity index is 417. The number of carbonyl (C=O) groups excluding carboxylic acids is 1. The Hall–Kier alpha value is -1.98. The van der Waals surface area contributed by atoms with Gasteiger partial charge in [-0.3, -0.25) is 4.79 Å². The number of hydrogen-bond acceptors (Lipinski definition) is 3. The number of nitrogens with one attached hydrogen (secondary N) is 2. The molecule has 20 heavy (non-hydrogen) atoms. The first-order valence-corrected chi connectivity index (χ1v) is 6.79. The van der Waals surface area contributed by atoms with Crippen LogP contribution in [0.1, 0.15) is 32.4 Å². The standard InChI is InChI=1S/C14H22N2O4/c1-3-11(8-13(17)18)9-15-14(19)16-10(2)7-12-5-4-6-20-12/h4-6,10-11H,3,7-9H2,1-2H3,(H,17,18)(H2,15,16,19). The third kappa shape index (κ3) is 6.26. The lowest BCUT2D eigenvalue weighted by Crippen LogP contribution is -2.43. The van der Waals surface area contributed by atoms with Crippen LogP contribution in [0.2, 0.25) is 0 Å². The molecule has 112 valence electrons. The average molecular weight is 282 g/mol. The molecular formula is C14H22N2O4. The molecular weight excluding hydrogens is 260 g/mol. The molecule has 0 fully saturated rings. The van der Waals surface area contributed by atoms with Gasteiger partial charge in [-0.2, -0.15) is 0 Å². The molecule has 0 aliphatic heterocycles. The maximum Gasteiger partial charge on any atom is 0.315 e. The molecule has 2 atom stereocenters. The topological polar surface area (TPSA) is 91.6 Å². The van der Waals surface area contributed by atoms with E-state index in [1.165, 1.54) is 0 Å². The molecule has 0 radical (unpaired) electrons. The Morgan fingerprint density at radius 2 is 2.20 bits per heavy atom. The summed E-state index contributed by atoms with van der Waals surface area (Å²) >= 11 is 0. The highest BCUT2D eigenvalue weighted by molar-refractivity contribution is 5.74. The van der Waals surface area contributed by atoms with Crippen molar-refractivity contribution >= 4 is 12.0 Å². The van der Waals surface area contributed by atoms with Crippen LogP contribution in [-0.2, 0) is 11.2 Å². The molecule has 3 N–H and O–H groups in total. The van der Waals surface area contributed by atoms with Crippen LogP contribution in [-0.4, -0.2) is 29.7 Å². The quantitative estimate of drug-likeness (QED) is 0.680. The minimum Gasteiger partial charge on any atom is -0.481 e. The number of furan rings is 1. The molecule has 6 heteroatoms. The largest absolute Gasteiger partial charge is 0.481 e. The number of urea groups is 1. The van der Waals surface area contributed by atoms with Crippen molar-refractivity contribution in [1.82, 2.24) is 10.6 Å². The van der Waals surface area contributed by atoms with Crippen LogP contribution in [0.25, 0.3) is 0 Å². The Morgan fingerprint density at radius 1 is 1.45 bits per heavy atom. The molecule has 0 saturated carbocycles. The molecule has 1 aromatic heterocycles. The van der Waals surface area contributed by atoms with E-state index in [4.69, 9.17) is 9.52 Å². The minimum atomic E-state index is -0.842. The molecule has 0 spiro atoms. The van der Waals surface area contributed by atoms with Gasteiger partial charge in [-0.25, -0.2) is 4.79 Å². The fourth-order valence-corrected chi connectivity index (χ4v) is 1.90. The summed E-state index contributed by atoms with van der Waals surface area (Å²) in [6.45, 7) is 4.16. The molecule has 0 aromatic carbocycles. The molecule has 0 aliphatic rings. The van der Waals surface area contributed by atoms with E-state index < -0.39 is 5.97 Å². The van der Waals surface area contributed by atoms with Crippen LogP contribution in [0.3, 0.4) is 0 Å². The first-order chi connectivity index (χ1) is 9.51. The van der Waals surface area contributed by atoms with Crippen molar-refractivity contribution in [3.63, 3.8) is 0 Å². The maximum atomic E-state index is 11.7. The first kappa shape index (κ1) is 16.1. The second-order valence-corrected chi connectivity index (χ2v) is 4.91. The highest BCUT2D eigenvalue weighted by Gasteiger charge is 2.14. The fourth-order valence-electron chi connectivity index (χ4n) is 1.90. The van der Waals surface area contributed by atoms with Crippen LogP contribution < -0.4 is 10.6 Å². The molecule has 6 nitrogen and oxygen atoms in total. The number of carboxylic acid groups (broad SMARTS) is 1. The molecule has 1 rings (SSSR count). The van der Waals surface area contributed by atoms with Crippen molar-refractivity contribution in [3.8, 4) is 0 Å².